The van der Waals surface area contributed by atoms with Crippen LogP contribution in [0, 0.1) is 0 Å². The summed E-state index contributed by atoms with van der Waals surface area (Å²) in [5.41, 5.74) is 1.50. The predicted octanol–water partition coefficient (Wildman–Crippen LogP) is 3.34. The molecule has 152 valence electrons. The smallest absolute Gasteiger partial charge is 0.262 e. The maximum absolute atomic E-state index is 12.3. The number of furan rings is 1. The van der Waals surface area contributed by atoms with Crippen LogP contribution < -0.4 is 14.8 Å². The third-order valence-corrected chi connectivity index (χ3v) is 5.59. The van der Waals surface area contributed by atoms with Gasteiger partial charge in [0.25, 0.3) is 5.91 Å². The maximum atomic E-state index is 12.3. The van der Waals surface area contributed by atoms with Crippen LogP contribution in [0.2, 0.25) is 0 Å². The summed E-state index contributed by atoms with van der Waals surface area (Å²) in [6, 6.07) is 16.8. The molecule has 0 spiro atoms. The van der Waals surface area contributed by atoms with Crippen LogP contribution in [0.1, 0.15) is 18.2 Å². The lowest BCUT2D eigenvalue weighted by Gasteiger charge is -2.11. The van der Waals surface area contributed by atoms with E-state index in [-0.39, 0.29) is 24.0 Å². The van der Waals surface area contributed by atoms with Gasteiger partial charge in [0.15, 0.2) is 6.61 Å². The average molecular weight is 414 g/mol. The van der Waals surface area contributed by atoms with Gasteiger partial charge in [-0.1, -0.05) is 25.1 Å². The van der Waals surface area contributed by atoms with Gasteiger partial charge in [0.2, 0.25) is 10.0 Å². The number of sulfonamides is 1. The Morgan fingerprint density at radius 1 is 1.03 bits per heavy atom. The molecule has 3 rings (SSSR count). The van der Waals surface area contributed by atoms with Gasteiger partial charge in [-0.2, -0.15) is 0 Å². The van der Waals surface area contributed by atoms with E-state index in [2.05, 4.69) is 10.0 Å². The summed E-state index contributed by atoms with van der Waals surface area (Å²) in [5, 5.41) is 2.69. The highest BCUT2D eigenvalue weighted by Gasteiger charge is 2.14. The molecule has 2 aromatic carbocycles. The van der Waals surface area contributed by atoms with Crippen molar-refractivity contribution in [3.8, 4) is 5.75 Å². The van der Waals surface area contributed by atoms with E-state index >= 15 is 0 Å². The molecule has 0 aliphatic heterocycles. The molecule has 0 fully saturated rings. The van der Waals surface area contributed by atoms with E-state index in [9.17, 15) is 13.2 Å². The zero-order valence-electron chi connectivity index (χ0n) is 15.9. The first-order chi connectivity index (χ1) is 14.0. The fraction of sp³-hybridized carbons (Fsp3) is 0.190. The molecule has 0 bridgehead atoms. The Balaban J connectivity index is 1.55. The molecule has 2 N–H and O–H groups in total. The van der Waals surface area contributed by atoms with E-state index in [4.69, 9.17) is 9.15 Å². The lowest BCUT2D eigenvalue weighted by Crippen LogP contribution is -2.23. The van der Waals surface area contributed by atoms with Crippen LogP contribution >= 0.6 is 0 Å². The van der Waals surface area contributed by atoms with E-state index < -0.39 is 10.0 Å². The Morgan fingerprint density at radius 3 is 2.48 bits per heavy atom. The number of carbonyl (C=O) groups is 1. The van der Waals surface area contributed by atoms with Gasteiger partial charge in [0, 0.05) is 5.69 Å². The molecule has 1 amide bonds. The van der Waals surface area contributed by atoms with Gasteiger partial charge in [-0.3, -0.25) is 4.79 Å². The van der Waals surface area contributed by atoms with Crippen molar-refractivity contribution in [3.05, 3.63) is 78.3 Å². The van der Waals surface area contributed by atoms with E-state index in [0.29, 0.717) is 17.2 Å². The number of nitrogens with one attached hydrogen (secondary N) is 2. The molecule has 0 aliphatic rings. The van der Waals surface area contributed by atoms with Crippen LogP contribution in [-0.2, 0) is 27.8 Å². The zero-order valence-corrected chi connectivity index (χ0v) is 16.7. The molecule has 0 unspecified atom stereocenters. The van der Waals surface area contributed by atoms with Crippen molar-refractivity contribution in [2.24, 2.45) is 0 Å². The topological polar surface area (TPSA) is 97.6 Å². The fourth-order valence-corrected chi connectivity index (χ4v) is 3.65. The molecule has 1 aromatic heterocycles. The molecular formula is C21H22N2O5S. The average Bonchev–Trinajstić information content (AvgIpc) is 3.25. The highest BCUT2D eigenvalue weighted by molar-refractivity contribution is 7.89. The van der Waals surface area contributed by atoms with Crippen molar-refractivity contribution in [2.75, 3.05) is 11.9 Å². The van der Waals surface area contributed by atoms with Crippen molar-refractivity contribution in [2.45, 2.75) is 24.8 Å². The molecule has 0 atom stereocenters. The number of carbonyl (C=O) groups excluding carboxylic acids is 1. The number of para-hydroxylation sites is 1. The van der Waals surface area contributed by atoms with Gasteiger partial charge in [-0.25, -0.2) is 13.1 Å². The Hall–Kier alpha value is -3.10. The van der Waals surface area contributed by atoms with Crippen LogP contribution in [-0.4, -0.2) is 20.9 Å². The Bertz CT molecular complexity index is 1040. The summed E-state index contributed by atoms with van der Waals surface area (Å²) in [7, 11) is -3.68. The van der Waals surface area contributed by atoms with E-state index in [1.54, 1.807) is 12.1 Å². The van der Waals surface area contributed by atoms with Gasteiger partial charge in [0.05, 0.1) is 17.7 Å². The van der Waals surface area contributed by atoms with Gasteiger partial charge >= 0.3 is 0 Å². The lowest BCUT2D eigenvalue weighted by molar-refractivity contribution is -0.118. The minimum absolute atomic E-state index is 0.0599. The molecule has 3 aromatic rings. The molecule has 0 aliphatic carbocycles. The summed E-state index contributed by atoms with van der Waals surface area (Å²) >= 11 is 0. The largest absolute Gasteiger partial charge is 0.483 e. The van der Waals surface area contributed by atoms with E-state index in [1.807, 2.05) is 31.2 Å². The fourth-order valence-electron chi connectivity index (χ4n) is 2.66. The van der Waals surface area contributed by atoms with Crippen LogP contribution in [0.3, 0.4) is 0 Å². The molecule has 7 nitrogen and oxygen atoms in total. The third kappa shape index (κ3) is 5.69. The van der Waals surface area contributed by atoms with Crippen LogP contribution in [0.5, 0.6) is 5.75 Å². The number of anilines is 1. The van der Waals surface area contributed by atoms with Gasteiger partial charge in [-0.15, -0.1) is 0 Å². The first-order valence-electron chi connectivity index (χ1n) is 9.10. The summed E-state index contributed by atoms with van der Waals surface area (Å²) < 4.78 is 37.8. The monoisotopic (exact) mass is 414 g/mol. The molecular weight excluding hydrogens is 392 g/mol. The minimum atomic E-state index is -3.68. The van der Waals surface area contributed by atoms with Crippen molar-refractivity contribution in [1.82, 2.24) is 4.72 Å². The van der Waals surface area contributed by atoms with Gasteiger partial charge < -0.3 is 14.5 Å². The first kappa shape index (κ1) is 20.6. The highest BCUT2D eigenvalue weighted by atomic mass is 32.2. The zero-order chi connectivity index (χ0) is 20.7. The third-order valence-electron chi connectivity index (χ3n) is 4.18. The maximum Gasteiger partial charge on any atom is 0.262 e. The van der Waals surface area contributed by atoms with Crippen molar-refractivity contribution in [3.63, 3.8) is 0 Å². The Kier molecular flexibility index (Phi) is 6.69. The van der Waals surface area contributed by atoms with Crippen molar-refractivity contribution >= 4 is 21.6 Å². The van der Waals surface area contributed by atoms with E-state index in [1.165, 1.54) is 30.5 Å². The summed E-state index contributed by atoms with van der Waals surface area (Å²) in [5.74, 6) is 0.860. The number of ether oxygens (including phenoxy) is 1. The Morgan fingerprint density at radius 2 is 1.79 bits per heavy atom. The molecule has 0 radical (unpaired) electrons. The molecule has 1 heterocycles. The molecule has 8 heteroatoms. The van der Waals surface area contributed by atoms with E-state index in [0.717, 1.165) is 12.0 Å². The number of hydrogen-bond donors (Lipinski definition) is 2. The first-order valence-corrected chi connectivity index (χ1v) is 10.6. The summed E-state index contributed by atoms with van der Waals surface area (Å²) in [4.78, 5) is 12.2. The van der Waals surface area contributed by atoms with Crippen molar-refractivity contribution in [1.29, 1.82) is 0 Å². The molecule has 0 saturated carbocycles. The molecule has 0 saturated heterocycles. The Labute approximate surface area is 169 Å². The number of aryl methyl sites for hydroxylation is 1. The number of hydrogen-bond acceptors (Lipinski definition) is 5. The second-order valence-electron chi connectivity index (χ2n) is 6.23. The normalized spacial score (nSPS) is 11.2. The predicted molar refractivity (Wildman–Crippen MR) is 109 cm³/mol. The second-order valence-corrected chi connectivity index (χ2v) is 7.99. The minimum Gasteiger partial charge on any atom is -0.483 e. The SMILES string of the molecule is CCc1ccccc1OCC(=O)Nc1ccc(S(=O)(=O)NCc2ccco2)cc1. The quantitative estimate of drug-likeness (QED) is 0.560. The van der Waals surface area contributed by atoms with Gasteiger partial charge in [0.1, 0.15) is 11.5 Å². The van der Waals surface area contributed by atoms with Crippen LogP contribution in [0.25, 0.3) is 0 Å². The van der Waals surface area contributed by atoms with Crippen LogP contribution in [0.15, 0.2) is 76.2 Å². The van der Waals surface area contributed by atoms with Gasteiger partial charge in [-0.05, 0) is 54.4 Å². The highest BCUT2D eigenvalue weighted by Crippen LogP contribution is 2.18. The lowest BCUT2D eigenvalue weighted by atomic mass is 10.1. The number of rotatable bonds is 9. The summed E-state index contributed by atoms with van der Waals surface area (Å²) in [6.45, 7) is 1.94. The van der Waals surface area contributed by atoms with Crippen LogP contribution in [0.4, 0.5) is 5.69 Å². The number of benzene rings is 2. The number of amides is 1. The van der Waals surface area contributed by atoms with Crippen molar-refractivity contribution < 1.29 is 22.4 Å². The molecule has 29 heavy (non-hydrogen) atoms. The standard InChI is InChI=1S/C21H22N2O5S/c1-2-16-6-3-4-8-20(16)28-15-21(24)23-17-9-11-19(12-10-17)29(25,26)22-14-18-7-5-13-27-18/h3-13,22H,2,14-15H2,1H3,(H,23,24). The summed E-state index contributed by atoms with van der Waals surface area (Å²) in [6.07, 6.45) is 2.29. The second kappa shape index (κ2) is 9.40.